The van der Waals surface area contributed by atoms with Crippen LogP contribution >= 0.6 is 0 Å². The molecule has 0 spiro atoms. The van der Waals surface area contributed by atoms with Crippen LogP contribution in [-0.4, -0.2) is 56.6 Å². The van der Waals surface area contributed by atoms with Crippen LogP contribution in [0.3, 0.4) is 0 Å². The molecule has 1 aliphatic rings. The number of rotatable bonds is 10. The van der Waals surface area contributed by atoms with Crippen molar-refractivity contribution in [2.24, 2.45) is 0 Å². The molecule has 1 fully saturated rings. The Morgan fingerprint density at radius 2 is 1.74 bits per heavy atom. The summed E-state index contributed by atoms with van der Waals surface area (Å²) in [7, 11) is -1.98. The van der Waals surface area contributed by atoms with Crippen molar-refractivity contribution in [1.29, 1.82) is 5.26 Å². The highest BCUT2D eigenvalue weighted by atomic mass is 28.4. The lowest BCUT2D eigenvalue weighted by Gasteiger charge is -2.42. The molecule has 3 rings (SSSR count). The second kappa shape index (κ2) is 14.1. The smallest absolute Gasteiger partial charge is 0.407 e. The van der Waals surface area contributed by atoms with Crippen molar-refractivity contribution < 1.29 is 18.3 Å². The van der Waals surface area contributed by atoms with Crippen LogP contribution in [0, 0.1) is 17.1 Å². The highest BCUT2D eigenvalue weighted by molar-refractivity contribution is 6.74. The van der Waals surface area contributed by atoms with Crippen LogP contribution in [0.2, 0.25) is 18.1 Å². The molecule has 1 saturated heterocycles. The first-order chi connectivity index (χ1) is 20.0. The van der Waals surface area contributed by atoms with E-state index in [2.05, 4.69) is 74.1 Å². The van der Waals surface area contributed by atoms with Crippen molar-refractivity contribution in [2.75, 3.05) is 24.5 Å². The maximum atomic E-state index is 14.9. The predicted molar refractivity (Wildman–Crippen MR) is 174 cm³/mol. The van der Waals surface area contributed by atoms with Gasteiger partial charge in [-0.15, -0.1) is 0 Å². The summed E-state index contributed by atoms with van der Waals surface area (Å²) >= 11 is 0. The third kappa shape index (κ3) is 9.97. The molecule has 0 radical (unpaired) electrons. The number of carbonyl (C=O) groups excluding carboxylic acids is 1. The van der Waals surface area contributed by atoms with Crippen LogP contribution in [0.5, 0.6) is 5.75 Å². The fraction of sp³-hybridized carbons (Fsp3) is 0.588. The van der Waals surface area contributed by atoms with Gasteiger partial charge in [-0.3, -0.25) is 0 Å². The third-order valence-corrected chi connectivity index (χ3v) is 13.0. The molecule has 1 aliphatic heterocycles. The molecule has 0 aromatic heterocycles. The number of nitrogens with one attached hydrogen (secondary N) is 1. The molecule has 2 aromatic rings. The highest BCUT2D eigenvalue weighted by Gasteiger charge is 2.39. The zero-order valence-corrected chi connectivity index (χ0v) is 28.6. The zero-order valence-electron chi connectivity index (χ0n) is 27.6. The van der Waals surface area contributed by atoms with Gasteiger partial charge in [0.05, 0.1) is 11.6 Å². The molecule has 1 N–H and O–H groups in total. The molecular formula is C34H51FN4O3Si. The monoisotopic (exact) mass is 610 g/mol. The van der Waals surface area contributed by atoms with Crippen molar-refractivity contribution >= 4 is 20.1 Å². The SMILES string of the molecule is C[C@H](CCNC(=O)OC(C)(C)C)N1CCC(N(Cc2cc(C#N)ccc2F)c2ccc(O[Si](C)(C)C(C)(C)C)cc2)CC1. The Bertz CT molecular complexity index is 1260. The molecular weight excluding hydrogens is 559 g/mol. The Hall–Kier alpha value is -3.09. The molecule has 0 unspecified atom stereocenters. The van der Waals surface area contributed by atoms with E-state index in [0.29, 0.717) is 30.3 Å². The van der Waals surface area contributed by atoms with Crippen molar-refractivity contribution in [3.05, 3.63) is 59.4 Å². The third-order valence-electron chi connectivity index (χ3n) is 8.66. The van der Waals surface area contributed by atoms with Gasteiger partial charge in [-0.2, -0.15) is 5.26 Å². The zero-order chi connectivity index (χ0) is 32.0. The number of nitriles is 1. The maximum absolute atomic E-state index is 14.9. The van der Waals surface area contributed by atoms with E-state index < -0.39 is 13.9 Å². The van der Waals surface area contributed by atoms with Crippen molar-refractivity contribution in [1.82, 2.24) is 10.2 Å². The Balaban J connectivity index is 1.72. The van der Waals surface area contributed by atoms with Crippen LogP contribution in [-0.2, 0) is 11.3 Å². The Labute approximate surface area is 259 Å². The van der Waals surface area contributed by atoms with Crippen LogP contribution in [0.4, 0.5) is 14.9 Å². The topological polar surface area (TPSA) is 77.8 Å². The molecule has 0 bridgehead atoms. The summed E-state index contributed by atoms with van der Waals surface area (Å²) in [6.45, 7) is 21.7. The minimum atomic E-state index is -1.98. The normalized spacial score (nSPS) is 15.8. The van der Waals surface area contributed by atoms with Gasteiger partial charge in [-0.05, 0) is 108 Å². The molecule has 1 heterocycles. The van der Waals surface area contributed by atoms with E-state index in [-0.39, 0.29) is 23.0 Å². The standard InChI is InChI=1S/C34H51FN4O3Si/c1-25(16-19-37-32(40)41-33(2,3)4)38-20-17-29(18-21-38)39(24-27-22-26(23-36)10-15-31(27)35)28-11-13-30(14-12-28)42-43(8,9)34(5,6)7/h10-15,22,25,29H,16-21,24H2,1-9H3,(H,37,40)/t25-/m1/s1. The van der Waals surface area contributed by atoms with Gasteiger partial charge in [-0.1, -0.05) is 20.8 Å². The number of ether oxygens (including phenoxy) is 1. The first-order valence-corrected chi connectivity index (χ1v) is 18.3. The lowest BCUT2D eigenvalue weighted by atomic mass is 9.99. The summed E-state index contributed by atoms with van der Waals surface area (Å²) in [5, 5.41) is 12.4. The second-order valence-corrected chi connectivity index (χ2v) is 19.0. The molecule has 9 heteroatoms. The molecule has 1 amide bonds. The molecule has 0 aliphatic carbocycles. The summed E-state index contributed by atoms with van der Waals surface area (Å²) in [6, 6.07) is 15.4. The first-order valence-electron chi connectivity index (χ1n) is 15.4. The number of alkyl carbamates (subject to hydrolysis) is 1. The number of carbonyl (C=O) groups is 1. The number of nitrogens with zero attached hydrogens (tertiary/aromatic N) is 3. The first kappa shape index (κ1) is 34.4. The molecule has 2 aromatic carbocycles. The van der Waals surface area contributed by atoms with Gasteiger partial charge < -0.3 is 24.3 Å². The van der Waals surface area contributed by atoms with Gasteiger partial charge in [0, 0.05) is 49.5 Å². The van der Waals surface area contributed by atoms with Gasteiger partial charge in [0.1, 0.15) is 17.2 Å². The van der Waals surface area contributed by atoms with E-state index in [1.54, 1.807) is 6.07 Å². The number of likely N-dealkylation sites (tertiary alicyclic amines) is 1. The van der Waals surface area contributed by atoms with Crippen molar-refractivity contribution in [2.45, 2.75) is 110 Å². The Morgan fingerprint density at radius 3 is 2.30 bits per heavy atom. The van der Waals surface area contributed by atoms with Gasteiger partial charge in [-0.25, -0.2) is 9.18 Å². The summed E-state index contributed by atoms with van der Waals surface area (Å²) in [6.07, 6.45) is 2.29. The number of hydrogen-bond donors (Lipinski definition) is 1. The van der Waals surface area contributed by atoms with Gasteiger partial charge in [0.15, 0.2) is 0 Å². The number of halogens is 1. The van der Waals surface area contributed by atoms with Crippen molar-refractivity contribution in [3.8, 4) is 11.8 Å². The molecule has 1 atom stereocenters. The van der Waals surface area contributed by atoms with Crippen LogP contribution in [0.1, 0.15) is 78.9 Å². The summed E-state index contributed by atoms with van der Waals surface area (Å²) in [5.74, 6) is 0.557. The van der Waals surface area contributed by atoms with Gasteiger partial charge >= 0.3 is 6.09 Å². The lowest BCUT2D eigenvalue weighted by molar-refractivity contribution is 0.0521. The van der Waals surface area contributed by atoms with Crippen LogP contribution in [0.15, 0.2) is 42.5 Å². The largest absolute Gasteiger partial charge is 0.544 e. The van der Waals surface area contributed by atoms with Crippen LogP contribution in [0.25, 0.3) is 0 Å². The van der Waals surface area contributed by atoms with E-state index in [1.807, 2.05) is 32.9 Å². The predicted octanol–water partition coefficient (Wildman–Crippen LogP) is 7.86. The van der Waals surface area contributed by atoms with E-state index in [4.69, 9.17) is 9.16 Å². The number of benzene rings is 2. The van der Waals surface area contributed by atoms with E-state index in [0.717, 1.165) is 43.8 Å². The summed E-state index contributed by atoms with van der Waals surface area (Å²) < 4.78 is 26.8. The fourth-order valence-corrected chi connectivity index (χ4v) is 6.08. The Kier molecular flexibility index (Phi) is 11.3. The fourth-order valence-electron chi connectivity index (χ4n) is 5.05. The molecule has 43 heavy (non-hydrogen) atoms. The van der Waals surface area contributed by atoms with E-state index >= 15 is 0 Å². The molecule has 236 valence electrons. The summed E-state index contributed by atoms with van der Waals surface area (Å²) in [5.41, 5.74) is 1.47. The number of hydrogen-bond acceptors (Lipinski definition) is 6. The van der Waals surface area contributed by atoms with Gasteiger partial charge in [0.2, 0.25) is 8.32 Å². The number of amides is 1. The average molecular weight is 611 g/mol. The maximum Gasteiger partial charge on any atom is 0.407 e. The van der Waals surface area contributed by atoms with Crippen LogP contribution < -0.4 is 14.6 Å². The molecule has 7 nitrogen and oxygen atoms in total. The summed E-state index contributed by atoms with van der Waals surface area (Å²) in [4.78, 5) is 16.7. The Morgan fingerprint density at radius 1 is 1.12 bits per heavy atom. The van der Waals surface area contributed by atoms with Crippen molar-refractivity contribution in [3.63, 3.8) is 0 Å². The van der Waals surface area contributed by atoms with Gasteiger partial charge in [0.25, 0.3) is 0 Å². The minimum Gasteiger partial charge on any atom is -0.544 e. The quantitative estimate of drug-likeness (QED) is 0.276. The lowest BCUT2D eigenvalue weighted by Crippen LogP contribution is -2.48. The molecule has 0 saturated carbocycles. The number of anilines is 1. The van der Waals surface area contributed by atoms with E-state index in [9.17, 15) is 14.4 Å². The minimum absolute atomic E-state index is 0.0951. The van der Waals surface area contributed by atoms with E-state index in [1.165, 1.54) is 12.1 Å². The average Bonchev–Trinajstić information content (AvgIpc) is 2.91. The highest BCUT2D eigenvalue weighted by Crippen LogP contribution is 2.38. The second-order valence-electron chi connectivity index (χ2n) is 14.2. The number of piperidine rings is 1.